The summed E-state index contributed by atoms with van der Waals surface area (Å²) in [6, 6.07) is 14.5. The number of thioether (sulfide) groups is 1. The molecular weight excluding hydrogens is 405 g/mol. The molecular formula is C22H22FN3OS2. The maximum absolute atomic E-state index is 12.9. The highest BCUT2D eigenvalue weighted by molar-refractivity contribution is 8.00. The number of benzene rings is 2. The predicted molar refractivity (Wildman–Crippen MR) is 119 cm³/mol. The van der Waals surface area contributed by atoms with Gasteiger partial charge in [-0.15, -0.1) is 10.2 Å². The molecule has 0 fully saturated rings. The maximum atomic E-state index is 12.9. The second kappa shape index (κ2) is 9.33. The summed E-state index contributed by atoms with van der Waals surface area (Å²) in [5.74, 6) is 0.154. The van der Waals surface area contributed by atoms with Gasteiger partial charge in [0.25, 0.3) is 0 Å². The van der Waals surface area contributed by atoms with Gasteiger partial charge in [-0.1, -0.05) is 80.3 Å². The minimum Gasteiger partial charge on any atom is -0.297 e. The Morgan fingerprint density at radius 3 is 2.45 bits per heavy atom. The van der Waals surface area contributed by atoms with Gasteiger partial charge in [-0.25, -0.2) is 4.39 Å². The molecule has 1 amide bonds. The lowest BCUT2D eigenvalue weighted by atomic mass is 9.87. The first-order valence-corrected chi connectivity index (χ1v) is 10.9. The van der Waals surface area contributed by atoms with Gasteiger partial charge in [-0.3, -0.25) is 10.1 Å². The van der Waals surface area contributed by atoms with E-state index in [1.807, 2.05) is 12.1 Å². The molecule has 0 aliphatic carbocycles. The monoisotopic (exact) mass is 427 g/mol. The van der Waals surface area contributed by atoms with E-state index in [9.17, 15) is 9.18 Å². The number of rotatable bonds is 6. The van der Waals surface area contributed by atoms with Crippen LogP contribution in [0.3, 0.4) is 0 Å². The highest BCUT2D eigenvalue weighted by Gasteiger charge is 2.12. The molecule has 0 bridgehead atoms. The summed E-state index contributed by atoms with van der Waals surface area (Å²) in [6.07, 6.45) is 3.26. The van der Waals surface area contributed by atoms with Gasteiger partial charge in [0.1, 0.15) is 5.82 Å². The van der Waals surface area contributed by atoms with Gasteiger partial charge >= 0.3 is 0 Å². The smallest absolute Gasteiger partial charge is 0.250 e. The summed E-state index contributed by atoms with van der Waals surface area (Å²) in [4.78, 5) is 12.1. The number of nitrogens with one attached hydrogen (secondary N) is 1. The van der Waals surface area contributed by atoms with E-state index in [1.165, 1.54) is 46.9 Å². The van der Waals surface area contributed by atoms with Gasteiger partial charge in [0.2, 0.25) is 11.0 Å². The molecule has 2 aromatic carbocycles. The molecule has 7 heteroatoms. The fraction of sp³-hybridized carbons (Fsp3) is 0.227. The number of carbonyl (C=O) groups is 1. The van der Waals surface area contributed by atoms with Gasteiger partial charge in [-0.05, 0) is 40.3 Å². The van der Waals surface area contributed by atoms with Crippen molar-refractivity contribution in [2.24, 2.45) is 0 Å². The van der Waals surface area contributed by atoms with Gasteiger partial charge in [-0.2, -0.15) is 0 Å². The Kier molecular flexibility index (Phi) is 6.82. The van der Waals surface area contributed by atoms with Crippen LogP contribution < -0.4 is 5.32 Å². The summed E-state index contributed by atoms with van der Waals surface area (Å²) in [7, 11) is 0. The van der Waals surface area contributed by atoms with Gasteiger partial charge in [0, 0.05) is 11.8 Å². The van der Waals surface area contributed by atoms with Crippen LogP contribution in [0.1, 0.15) is 37.5 Å². The molecule has 4 nitrogen and oxygen atoms in total. The summed E-state index contributed by atoms with van der Waals surface area (Å²) in [5, 5.41) is 11.2. The van der Waals surface area contributed by atoms with Crippen LogP contribution in [-0.4, -0.2) is 16.1 Å². The van der Waals surface area contributed by atoms with Crippen molar-refractivity contribution < 1.29 is 9.18 Å². The summed E-state index contributed by atoms with van der Waals surface area (Å²) >= 11 is 2.80. The Morgan fingerprint density at radius 2 is 1.79 bits per heavy atom. The molecule has 0 aliphatic heterocycles. The lowest BCUT2D eigenvalue weighted by molar-refractivity contribution is -0.111. The number of nitrogens with zero attached hydrogens (tertiary/aromatic N) is 2. The van der Waals surface area contributed by atoms with Crippen molar-refractivity contribution in [1.29, 1.82) is 0 Å². The average Bonchev–Trinajstić information content (AvgIpc) is 3.13. The molecule has 29 heavy (non-hydrogen) atoms. The van der Waals surface area contributed by atoms with E-state index in [2.05, 4.69) is 48.4 Å². The van der Waals surface area contributed by atoms with Crippen LogP contribution in [0.4, 0.5) is 9.52 Å². The van der Waals surface area contributed by atoms with Crippen molar-refractivity contribution in [1.82, 2.24) is 10.2 Å². The van der Waals surface area contributed by atoms with Crippen molar-refractivity contribution in [2.45, 2.75) is 36.3 Å². The molecule has 3 rings (SSSR count). The van der Waals surface area contributed by atoms with E-state index in [0.29, 0.717) is 10.9 Å². The topological polar surface area (TPSA) is 54.9 Å². The minimum absolute atomic E-state index is 0.101. The van der Waals surface area contributed by atoms with Crippen LogP contribution in [0.5, 0.6) is 0 Å². The first-order chi connectivity index (χ1) is 13.8. The third kappa shape index (κ3) is 6.51. The summed E-state index contributed by atoms with van der Waals surface area (Å²) < 4.78 is 13.7. The lowest BCUT2D eigenvalue weighted by Gasteiger charge is -2.18. The molecule has 1 heterocycles. The van der Waals surface area contributed by atoms with E-state index >= 15 is 0 Å². The van der Waals surface area contributed by atoms with Crippen LogP contribution in [-0.2, 0) is 16.0 Å². The van der Waals surface area contributed by atoms with Crippen molar-refractivity contribution in [3.05, 3.63) is 77.1 Å². The largest absolute Gasteiger partial charge is 0.297 e. The quantitative estimate of drug-likeness (QED) is 0.301. The molecule has 150 valence electrons. The minimum atomic E-state index is -0.254. The highest BCUT2D eigenvalue weighted by atomic mass is 32.2. The molecule has 1 N–H and O–H groups in total. The van der Waals surface area contributed by atoms with Crippen LogP contribution in [0.25, 0.3) is 6.08 Å². The zero-order valence-electron chi connectivity index (χ0n) is 16.5. The molecule has 0 aliphatic rings. The fourth-order valence-electron chi connectivity index (χ4n) is 2.46. The molecule has 3 aromatic rings. The van der Waals surface area contributed by atoms with Gasteiger partial charge < -0.3 is 0 Å². The fourth-order valence-corrected chi connectivity index (χ4v) is 4.17. The van der Waals surface area contributed by atoms with Crippen LogP contribution in [0.15, 0.2) is 58.9 Å². The van der Waals surface area contributed by atoms with Crippen molar-refractivity contribution >= 4 is 40.2 Å². The third-order valence-electron chi connectivity index (χ3n) is 4.12. The molecule has 0 radical (unpaired) electrons. The Hall–Kier alpha value is -2.51. The number of hydrogen-bond donors (Lipinski definition) is 1. The Bertz CT molecular complexity index is 990. The van der Waals surface area contributed by atoms with E-state index in [1.54, 1.807) is 18.2 Å². The molecule has 0 unspecified atom stereocenters. The van der Waals surface area contributed by atoms with E-state index in [-0.39, 0.29) is 17.1 Å². The molecule has 0 atom stereocenters. The van der Waals surface area contributed by atoms with Gasteiger partial charge in [0.15, 0.2) is 4.34 Å². The van der Waals surface area contributed by atoms with Gasteiger partial charge in [0.05, 0.1) is 0 Å². The number of aromatic nitrogens is 2. The SMILES string of the molecule is CC(C)(C)c1ccc(/C=C/C(=O)Nc2nnc(SCc3ccc(F)cc3)s2)cc1. The standard InChI is InChI=1S/C22H22FN3OS2/c1-22(2,3)17-9-4-15(5-10-17)8-13-19(27)24-20-25-26-21(29-20)28-14-16-6-11-18(23)12-7-16/h4-13H,14H2,1-3H3,(H,24,25,27)/b13-8+. The normalized spacial score (nSPS) is 11.7. The van der Waals surface area contributed by atoms with Crippen molar-refractivity contribution in [3.8, 4) is 0 Å². The summed E-state index contributed by atoms with van der Waals surface area (Å²) in [6.45, 7) is 6.50. The van der Waals surface area contributed by atoms with E-state index in [0.717, 1.165) is 15.5 Å². The number of carbonyl (C=O) groups excluding carboxylic acids is 1. The van der Waals surface area contributed by atoms with Crippen LogP contribution in [0.2, 0.25) is 0 Å². The van der Waals surface area contributed by atoms with E-state index < -0.39 is 0 Å². The van der Waals surface area contributed by atoms with E-state index in [4.69, 9.17) is 0 Å². The van der Waals surface area contributed by atoms with Crippen LogP contribution in [0, 0.1) is 5.82 Å². The lowest BCUT2D eigenvalue weighted by Crippen LogP contribution is -2.10. The third-order valence-corrected chi connectivity index (χ3v) is 6.16. The second-order valence-corrected chi connectivity index (χ2v) is 9.68. The predicted octanol–water partition coefficient (Wildman–Crippen LogP) is 5.92. The number of anilines is 1. The molecule has 1 aromatic heterocycles. The highest BCUT2D eigenvalue weighted by Crippen LogP contribution is 2.28. The molecule has 0 saturated carbocycles. The first kappa shape index (κ1) is 21.2. The Labute approximate surface area is 178 Å². The first-order valence-electron chi connectivity index (χ1n) is 9.10. The average molecular weight is 428 g/mol. The zero-order valence-corrected chi connectivity index (χ0v) is 18.1. The second-order valence-electron chi connectivity index (χ2n) is 7.48. The number of amides is 1. The molecule has 0 saturated heterocycles. The maximum Gasteiger partial charge on any atom is 0.250 e. The zero-order chi connectivity index (χ0) is 20.9. The Balaban J connectivity index is 1.51. The van der Waals surface area contributed by atoms with Crippen LogP contribution >= 0.6 is 23.1 Å². The Morgan fingerprint density at radius 1 is 1.10 bits per heavy atom. The van der Waals surface area contributed by atoms with Crippen molar-refractivity contribution in [2.75, 3.05) is 5.32 Å². The van der Waals surface area contributed by atoms with Crippen molar-refractivity contribution in [3.63, 3.8) is 0 Å². The molecule has 0 spiro atoms. The summed E-state index contributed by atoms with van der Waals surface area (Å²) in [5.41, 5.74) is 3.31. The number of hydrogen-bond acceptors (Lipinski definition) is 5. The number of halogens is 1.